The van der Waals surface area contributed by atoms with Crippen LogP contribution < -0.4 is 16.0 Å². The number of nitrogens with zero attached hydrogens (tertiary/aromatic N) is 1. The number of pyridine rings is 1. The van der Waals surface area contributed by atoms with Gasteiger partial charge in [0.25, 0.3) is 0 Å². The zero-order chi connectivity index (χ0) is 14.4. The van der Waals surface area contributed by atoms with Crippen LogP contribution in [0.4, 0.5) is 0 Å². The molecule has 0 aliphatic carbocycles. The molecule has 1 heterocycles. The van der Waals surface area contributed by atoms with Gasteiger partial charge in [-0.3, -0.25) is 5.84 Å². The van der Waals surface area contributed by atoms with E-state index < -0.39 is 0 Å². The van der Waals surface area contributed by atoms with Crippen LogP contribution >= 0.6 is 11.6 Å². The molecule has 0 saturated carbocycles. The summed E-state index contributed by atoms with van der Waals surface area (Å²) >= 11 is 5.92. The van der Waals surface area contributed by atoms with Crippen LogP contribution in [-0.2, 0) is 0 Å². The van der Waals surface area contributed by atoms with Gasteiger partial charge in [-0.15, -0.1) is 0 Å². The van der Waals surface area contributed by atoms with E-state index in [9.17, 15) is 0 Å². The summed E-state index contributed by atoms with van der Waals surface area (Å²) < 4.78 is 5.57. The smallest absolute Gasteiger partial charge is 0.129 e. The first-order valence-corrected chi connectivity index (χ1v) is 6.92. The van der Waals surface area contributed by atoms with Crippen LogP contribution in [0.25, 0.3) is 0 Å². The van der Waals surface area contributed by atoms with Gasteiger partial charge < -0.3 is 4.74 Å². The van der Waals surface area contributed by atoms with Gasteiger partial charge >= 0.3 is 0 Å². The van der Waals surface area contributed by atoms with Crippen molar-refractivity contribution >= 4 is 11.6 Å². The molecule has 1 unspecified atom stereocenters. The second-order valence-electron chi connectivity index (χ2n) is 4.43. The minimum Gasteiger partial charge on any atom is -0.494 e. The summed E-state index contributed by atoms with van der Waals surface area (Å²) in [6.45, 7) is 2.80. The minimum absolute atomic E-state index is 0.129. The van der Waals surface area contributed by atoms with Gasteiger partial charge in [0.2, 0.25) is 0 Å². The highest BCUT2D eigenvalue weighted by Gasteiger charge is 2.13. The predicted octanol–water partition coefficient (Wildman–Crippen LogP) is 3.08. The summed E-state index contributed by atoms with van der Waals surface area (Å²) in [5.41, 5.74) is 4.80. The van der Waals surface area contributed by atoms with E-state index in [1.807, 2.05) is 30.3 Å². The molecule has 1 aromatic carbocycles. The molecule has 2 rings (SSSR count). The number of nitrogens with two attached hydrogens (primary N) is 1. The predicted molar refractivity (Wildman–Crippen MR) is 80.6 cm³/mol. The third kappa shape index (κ3) is 3.70. The molecule has 1 atom stereocenters. The molecular formula is C15H18ClN3O. The Hall–Kier alpha value is -1.62. The van der Waals surface area contributed by atoms with Gasteiger partial charge in [0, 0.05) is 6.20 Å². The Kier molecular flexibility index (Phi) is 5.35. The molecule has 0 amide bonds. The molecule has 1 aromatic heterocycles. The van der Waals surface area contributed by atoms with Crippen molar-refractivity contribution in [2.45, 2.75) is 19.4 Å². The highest BCUT2D eigenvalue weighted by molar-refractivity contribution is 6.29. The fourth-order valence-corrected chi connectivity index (χ4v) is 2.14. The van der Waals surface area contributed by atoms with E-state index in [2.05, 4.69) is 17.3 Å². The lowest BCUT2D eigenvalue weighted by Crippen LogP contribution is -2.28. The fraction of sp³-hybridized carbons (Fsp3) is 0.267. The topological polar surface area (TPSA) is 60.2 Å². The number of halogens is 1. The fourth-order valence-electron chi connectivity index (χ4n) is 1.96. The SMILES string of the molecule is CCCOc1ccc(C(NN)c2ccnc(Cl)c2)cc1. The maximum Gasteiger partial charge on any atom is 0.129 e. The molecule has 0 spiro atoms. The van der Waals surface area contributed by atoms with Crippen molar-refractivity contribution in [1.82, 2.24) is 10.4 Å². The Labute approximate surface area is 123 Å². The zero-order valence-corrected chi connectivity index (χ0v) is 12.1. The van der Waals surface area contributed by atoms with Crippen molar-refractivity contribution in [1.29, 1.82) is 0 Å². The van der Waals surface area contributed by atoms with E-state index in [1.165, 1.54) is 0 Å². The van der Waals surface area contributed by atoms with E-state index in [0.29, 0.717) is 5.15 Å². The monoisotopic (exact) mass is 291 g/mol. The van der Waals surface area contributed by atoms with Gasteiger partial charge in [-0.05, 0) is 41.8 Å². The Morgan fingerprint density at radius 1 is 1.25 bits per heavy atom. The van der Waals surface area contributed by atoms with Gasteiger partial charge in [-0.1, -0.05) is 30.7 Å². The molecule has 0 fully saturated rings. The zero-order valence-electron chi connectivity index (χ0n) is 11.3. The highest BCUT2D eigenvalue weighted by Crippen LogP contribution is 2.24. The van der Waals surface area contributed by atoms with Crippen molar-refractivity contribution in [3.63, 3.8) is 0 Å². The van der Waals surface area contributed by atoms with E-state index >= 15 is 0 Å². The van der Waals surface area contributed by atoms with Gasteiger partial charge in [-0.25, -0.2) is 10.4 Å². The van der Waals surface area contributed by atoms with E-state index in [-0.39, 0.29) is 6.04 Å². The molecule has 3 N–H and O–H groups in total. The molecule has 0 bridgehead atoms. The Morgan fingerprint density at radius 3 is 2.60 bits per heavy atom. The average Bonchev–Trinajstić information content (AvgIpc) is 2.47. The summed E-state index contributed by atoms with van der Waals surface area (Å²) in [5.74, 6) is 6.52. The number of rotatable bonds is 6. The van der Waals surface area contributed by atoms with Crippen LogP contribution in [0.1, 0.15) is 30.5 Å². The maximum absolute atomic E-state index is 5.92. The lowest BCUT2D eigenvalue weighted by atomic mass is 10.0. The molecule has 5 heteroatoms. The van der Waals surface area contributed by atoms with Crippen LogP contribution in [0.15, 0.2) is 42.6 Å². The van der Waals surface area contributed by atoms with Crippen molar-refractivity contribution in [3.05, 3.63) is 58.9 Å². The van der Waals surface area contributed by atoms with Crippen molar-refractivity contribution in [2.24, 2.45) is 5.84 Å². The van der Waals surface area contributed by atoms with Gasteiger partial charge in [0.05, 0.1) is 12.6 Å². The lowest BCUT2D eigenvalue weighted by Gasteiger charge is -2.17. The number of hydrogen-bond donors (Lipinski definition) is 2. The second-order valence-corrected chi connectivity index (χ2v) is 4.82. The molecule has 4 nitrogen and oxygen atoms in total. The average molecular weight is 292 g/mol. The standard InChI is InChI=1S/C15H18ClN3O/c1-2-9-20-13-5-3-11(4-6-13)15(19-17)12-7-8-18-14(16)10-12/h3-8,10,15,19H,2,9,17H2,1H3. The lowest BCUT2D eigenvalue weighted by molar-refractivity contribution is 0.317. The van der Waals surface area contributed by atoms with Crippen molar-refractivity contribution in [2.75, 3.05) is 6.61 Å². The van der Waals surface area contributed by atoms with Gasteiger partial charge in [0.15, 0.2) is 0 Å². The second kappa shape index (κ2) is 7.24. The third-order valence-corrected chi connectivity index (χ3v) is 3.14. The Morgan fingerprint density at radius 2 is 2.00 bits per heavy atom. The molecule has 2 aromatic rings. The van der Waals surface area contributed by atoms with E-state index in [4.69, 9.17) is 22.2 Å². The van der Waals surface area contributed by atoms with Crippen LogP contribution in [0, 0.1) is 0 Å². The number of benzene rings is 1. The van der Waals surface area contributed by atoms with Crippen LogP contribution in [0.2, 0.25) is 5.15 Å². The molecule has 20 heavy (non-hydrogen) atoms. The summed E-state index contributed by atoms with van der Waals surface area (Å²) in [4.78, 5) is 3.97. The third-order valence-electron chi connectivity index (χ3n) is 2.94. The van der Waals surface area contributed by atoms with Crippen molar-refractivity contribution in [3.8, 4) is 5.75 Å². The molecular weight excluding hydrogens is 274 g/mol. The minimum atomic E-state index is -0.129. The molecule has 0 radical (unpaired) electrons. The summed E-state index contributed by atoms with van der Waals surface area (Å²) in [7, 11) is 0. The quantitative estimate of drug-likeness (QED) is 0.488. The molecule has 106 valence electrons. The first-order chi connectivity index (χ1) is 9.74. The largest absolute Gasteiger partial charge is 0.494 e. The molecule has 0 aliphatic heterocycles. The number of aromatic nitrogens is 1. The van der Waals surface area contributed by atoms with Crippen molar-refractivity contribution < 1.29 is 4.74 Å². The maximum atomic E-state index is 5.92. The number of hydrazine groups is 1. The highest BCUT2D eigenvalue weighted by atomic mass is 35.5. The molecule has 0 aliphatic rings. The first-order valence-electron chi connectivity index (χ1n) is 6.55. The van der Waals surface area contributed by atoms with Gasteiger partial charge in [0.1, 0.15) is 10.9 Å². The van der Waals surface area contributed by atoms with Crippen LogP contribution in [-0.4, -0.2) is 11.6 Å². The Bertz CT molecular complexity index is 545. The van der Waals surface area contributed by atoms with Crippen LogP contribution in [0.3, 0.4) is 0 Å². The summed E-state index contributed by atoms with van der Waals surface area (Å²) in [6.07, 6.45) is 2.66. The molecule has 0 saturated heterocycles. The number of nitrogens with one attached hydrogen (secondary N) is 1. The van der Waals surface area contributed by atoms with E-state index in [0.717, 1.165) is 29.9 Å². The first kappa shape index (κ1) is 14.8. The summed E-state index contributed by atoms with van der Waals surface area (Å²) in [5, 5.41) is 0.450. The number of hydrogen-bond acceptors (Lipinski definition) is 4. The normalized spacial score (nSPS) is 12.2. The van der Waals surface area contributed by atoms with Crippen LogP contribution in [0.5, 0.6) is 5.75 Å². The summed E-state index contributed by atoms with van der Waals surface area (Å²) in [6, 6.07) is 11.4. The Balaban J connectivity index is 2.19. The van der Waals surface area contributed by atoms with E-state index in [1.54, 1.807) is 12.3 Å². The van der Waals surface area contributed by atoms with Gasteiger partial charge in [-0.2, -0.15) is 0 Å². The number of ether oxygens (including phenoxy) is 1.